The van der Waals surface area contributed by atoms with E-state index in [-0.39, 0.29) is 24.4 Å². The second-order valence-electron chi connectivity index (χ2n) is 4.35. The lowest BCUT2D eigenvalue weighted by Crippen LogP contribution is -2.44. The summed E-state index contributed by atoms with van der Waals surface area (Å²) in [5.74, 6) is -1.66. The number of carbonyl (C=O) groups excluding carboxylic acids is 2. The van der Waals surface area contributed by atoms with Crippen LogP contribution in [0.3, 0.4) is 0 Å². The standard InChI is InChI=1S/C12H12FN3O4/c1-6-7(13)2-4-9(14-6)15-11(18)8-3-5-10(17)16(8)12(19)20/h2,4,8H,3,5H2,1H3,(H,19,20)(H,14,15,18)/t8-/m0/s1. The molecular formula is C12H12FN3O4. The molecule has 0 aliphatic carbocycles. The van der Waals surface area contributed by atoms with Crippen LogP contribution in [0.15, 0.2) is 12.1 Å². The molecule has 0 spiro atoms. The molecule has 1 aromatic rings. The first kappa shape index (κ1) is 13.9. The van der Waals surface area contributed by atoms with Crippen LogP contribution < -0.4 is 5.32 Å². The van der Waals surface area contributed by atoms with Crippen LogP contribution in [0.2, 0.25) is 0 Å². The fraction of sp³-hybridized carbons (Fsp3) is 0.333. The third-order valence-electron chi connectivity index (χ3n) is 2.99. The molecule has 2 heterocycles. The largest absolute Gasteiger partial charge is 0.465 e. The highest BCUT2D eigenvalue weighted by molar-refractivity contribution is 6.04. The summed E-state index contributed by atoms with van der Waals surface area (Å²) in [6.45, 7) is 1.44. The fourth-order valence-electron chi connectivity index (χ4n) is 2.00. The number of likely N-dealkylation sites (tertiary alicyclic amines) is 1. The summed E-state index contributed by atoms with van der Waals surface area (Å²) in [4.78, 5) is 38.6. The van der Waals surface area contributed by atoms with Crippen LogP contribution in [0.5, 0.6) is 0 Å². The minimum Gasteiger partial charge on any atom is -0.465 e. The van der Waals surface area contributed by atoms with Gasteiger partial charge >= 0.3 is 6.09 Å². The first-order valence-electron chi connectivity index (χ1n) is 5.89. The fourth-order valence-corrected chi connectivity index (χ4v) is 2.00. The molecule has 3 amide bonds. The SMILES string of the molecule is Cc1nc(NC(=O)[C@@H]2CCC(=O)N2C(=O)O)ccc1F. The highest BCUT2D eigenvalue weighted by Gasteiger charge is 2.40. The van der Waals surface area contributed by atoms with Gasteiger partial charge in [-0.15, -0.1) is 0 Å². The monoisotopic (exact) mass is 281 g/mol. The van der Waals surface area contributed by atoms with Crippen LogP contribution in [0.25, 0.3) is 0 Å². The molecule has 20 heavy (non-hydrogen) atoms. The molecule has 0 radical (unpaired) electrons. The normalized spacial score (nSPS) is 18.2. The average molecular weight is 281 g/mol. The van der Waals surface area contributed by atoms with Crippen molar-refractivity contribution < 1.29 is 23.9 Å². The van der Waals surface area contributed by atoms with Gasteiger partial charge in [-0.25, -0.2) is 19.1 Å². The summed E-state index contributed by atoms with van der Waals surface area (Å²) in [6, 6.07) is 1.33. The Labute approximate surface area is 113 Å². The molecule has 106 valence electrons. The minimum absolute atomic E-state index is 0.000259. The highest BCUT2D eigenvalue weighted by Crippen LogP contribution is 2.20. The molecule has 1 aliphatic rings. The smallest absolute Gasteiger partial charge is 0.414 e. The zero-order valence-electron chi connectivity index (χ0n) is 10.6. The summed E-state index contributed by atoms with van der Waals surface area (Å²) in [5, 5.41) is 11.3. The van der Waals surface area contributed by atoms with Crippen molar-refractivity contribution in [3.8, 4) is 0 Å². The maximum absolute atomic E-state index is 13.1. The lowest BCUT2D eigenvalue weighted by atomic mass is 10.2. The molecular weight excluding hydrogens is 269 g/mol. The van der Waals surface area contributed by atoms with Gasteiger partial charge in [-0.3, -0.25) is 9.59 Å². The van der Waals surface area contributed by atoms with E-state index in [1.165, 1.54) is 13.0 Å². The van der Waals surface area contributed by atoms with Crippen LogP contribution in [0.1, 0.15) is 18.5 Å². The zero-order valence-corrected chi connectivity index (χ0v) is 10.6. The van der Waals surface area contributed by atoms with Gasteiger partial charge in [0.05, 0.1) is 5.69 Å². The molecule has 1 fully saturated rings. The molecule has 7 nitrogen and oxygen atoms in total. The number of nitrogens with zero attached hydrogens (tertiary/aromatic N) is 2. The van der Waals surface area contributed by atoms with E-state index in [9.17, 15) is 18.8 Å². The third kappa shape index (κ3) is 2.58. The maximum Gasteiger partial charge on any atom is 0.414 e. The van der Waals surface area contributed by atoms with E-state index in [1.54, 1.807) is 0 Å². The Bertz CT molecular complexity index is 590. The van der Waals surface area contributed by atoms with E-state index < -0.39 is 29.8 Å². The minimum atomic E-state index is -1.46. The van der Waals surface area contributed by atoms with Crippen molar-refractivity contribution in [3.05, 3.63) is 23.6 Å². The van der Waals surface area contributed by atoms with Gasteiger partial charge in [-0.05, 0) is 25.5 Å². The lowest BCUT2D eigenvalue weighted by Gasteiger charge is -2.18. The number of carbonyl (C=O) groups is 3. The first-order chi connectivity index (χ1) is 9.40. The molecule has 0 unspecified atom stereocenters. The summed E-state index contributed by atoms with van der Waals surface area (Å²) in [6.07, 6.45) is -1.34. The van der Waals surface area contributed by atoms with Gasteiger partial charge in [0, 0.05) is 6.42 Å². The number of rotatable bonds is 2. The van der Waals surface area contributed by atoms with Crippen molar-refractivity contribution in [1.82, 2.24) is 9.88 Å². The van der Waals surface area contributed by atoms with Gasteiger partial charge < -0.3 is 10.4 Å². The Balaban J connectivity index is 2.13. The number of hydrogen-bond acceptors (Lipinski definition) is 4. The molecule has 0 saturated carbocycles. The van der Waals surface area contributed by atoms with E-state index in [4.69, 9.17) is 5.11 Å². The summed E-state index contributed by atoms with van der Waals surface area (Å²) in [7, 11) is 0. The molecule has 8 heteroatoms. The van der Waals surface area contributed by atoms with Crippen LogP contribution in [-0.4, -0.2) is 38.9 Å². The average Bonchev–Trinajstić information content (AvgIpc) is 2.76. The van der Waals surface area contributed by atoms with Crippen molar-refractivity contribution in [2.75, 3.05) is 5.32 Å². The number of aromatic nitrogens is 1. The number of pyridine rings is 1. The van der Waals surface area contributed by atoms with E-state index in [2.05, 4.69) is 10.3 Å². The third-order valence-corrected chi connectivity index (χ3v) is 2.99. The van der Waals surface area contributed by atoms with Gasteiger partial charge in [0.25, 0.3) is 0 Å². The van der Waals surface area contributed by atoms with E-state index in [0.29, 0.717) is 4.90 Å². The molecule has 2 N–H and O–H groups in total. The second-order valence-corrected chi connectivity index (χ2v) is 4.35. The zero-order chi connectivity index (χ0) is 14.9. The molecule has 0 aromatic carbocycles. The molecule has 1 atom stereocenters. The number of imide groups is 1. The van der Waals surface area contributed by atoms with Crippen LogP contribution >= 0.6 is 0 Å². The number of hydrogen-bond donors (Lipinski definition) is 2. The van der Waals surface area contributed by atoms with Gasteiger partial charge in [-0.2, -0.15) is 0 Å². The van der Waals surface area contributed by atoms with Gasteiger partial charge in [0.1, 0.15) is 17.7 Å². The number of aryl methyl sites for hydroxylation is 1. The van der Waals surface area contributed by atoms with Crippen molar-refractivity contribution in [2.45, 2.75) is 25.8 Å². The Morgan fingerprint density at radius 3 is 2.80 bits per heavy atom. The molecule has 1 aliphatic heterocycles. The second kappa shape index (κ2) is 5.24. The first-order valence-corrected chi connectivity index (χ1v) is 5.89. The highest BCUT2D eigenvalue weighted by atomic mass is 19.1. The summed E-state index contributed by atoms with van der Waals surface area (Å²) < 4.78 is 13.1. The Morgan fingerprint density at radius 1 is 1.50 bits per heavy atom. The number of halogens is 1. The van der Waals surface area contributed by atoms with Gasteiger partial charge in [-0.1, -0.05) is 0 Å². The number of nitrogens with one attached hydrogen (secondary N) is 1. The summed E-state index contributed by atoms with van der Waals surface area (Å²) in [5.41, 5.74) is 0.111. The topological polar surface area (TPSA) is 99.6 Å². The Kier molecular flexibility index (Phi) is 3.64. The summed E-state index contributed by atoms with van der Waals surface area (Å²) >= 11 is 0. The number of carboxylic acid groups (broad SMARTS) is 1. The van der Waals surface area contributed by atoms with Crippen molar-refractivity contribution in [1.29, 1.82) is 0 Å². The van der Waals surface area contributed by atoms with Gasteiger partial charge in [0.2, 0.25) is 11.8 Å². The van der Waals surface area contributed by atoms with Crippen molar-refractivity contribution >= 4 is 23.7 Å². The molecule has 0 bridgehead atoms. The quantitative estimate of drug-likeness (QED) is 0.846. The molecule has 2 rings (SSSR count). The van der Waals surface area contributed by atoms with E-state index in [1.807, 2.05) is 0 Å². The van der Waals surface area contributed by atoms with Crippen LogP contribution in [0.4, 0.5) is 15.0 Å². The Morgan fingerprint density at radius 2 is 2.20 bits per heavy atom. The van der Waals surface area contributed by atoms with Crippen LogP contribution in [0, 0.1) is 12.7 Å². The van der Waals surface area contributed by atoms with Crippen LogP contribution in [-0.2, 0) is 9.59 Å². The van der Waals surface area contributed by atoms with Crippen molar-refractivity contribution in [2.24, 2.45) is 0 Å². The van der Waals surface area contributed by atoms with E-state index >= 15 is 0 Å². The Hall–Kier alpha value is -2.51. The maximum atomic E-state index is 13.1. The predicted octanol–water partition coefficient (Wildman–Crippen LogP) is 1.14. The lowest BCUT2D eigenvalue weighted by molar-refractivity contribution is -0.131. The van der Waals surface area contributed by atoms with E-state index in [0.717, 1.165) is 6.07 Å². The molecule has 1 saturated heterocycles. The molecule has 1 aromatic heterocycles. The predicted molar refractivity (Wildman–Crippen MR) is 65.5 cm³/mol. The van der Waals surface area contributed by atoms with Crippen molar-refractivity contribution in [3.63, 3.8) is 0 Å². The number of anilines is 1. The number of amides is 3. The van der Waals surface area contributed by atoms with Gasteiger partial charge in [0.15, 0.2) is 0 Å².